The Kier molecular flexibility index (Phi) is 7.96. The number of rotatable bonds is 4. The molecule has 0 saturated carbocycles. The Bertz CT molecular complexity index is 445. The summed E-state index contributed by atoms with van der Waals surface area (Å²) in [7, 11) is 0. The highest BCUT2D eigenvalue weighted by atomic mass is 79.9. The summed E-state index contributed by atoms with van der Waals surface area (Å²) in [5.74, 6) is -3.65. The van der Waals surface area contributed by atoms with Gasteiger partial charge in [0.2, 0.25) is 0 Å². The molecule has 1 heterocycles. The monoisotopic (exact) mass is 359 g/mol. The lowest BCUT2D eigenvalue weighted by Crippen LogP contribution is -2.25. The topological polar surface area (TPSA) is 95.9 Å². The van der Waals surface area contributed by atoms with Crippen LogP contribution in [-0.4, -0.2) is 41.4 Å². The minimum Gasteiger partial charge on any atom is -0.473 e. The van der Waals surface area contributed by atoms with Gasteiger partial charge < -0.3 is 20.3 Å². The van der Waals surface area contributed by atoms with Crippen molar-refractivity contribution >= 4 is 27.9 Å². The van der Waals surface area contributed by atoms with Crippen molar-refractivity contribution < 1.29 is 24.5 Å². The number of hydrogen-bond donors (Lipinski definition) is 3. The largest absolute Gasteiger partial charge is 0.473 e. The molecular formula is C14H18BrNO5. The fraction of sp³-hybridized carbons (Fsp3) is 0.429. The van der Waals surface area contributed by atoms with Crippen molar-refractivity contribution in [2.45, 2.75) is 25.5 Å². The zero-order chi connectivity index (χ0) is 15.7. The zero-order valence-corrected chi connectivity index (χ0v) is 13.0. The van der Waals surface area contributed by atoms with Gasteiger partial charge in [0.1, 0.15) is 0 Å². The van der Waals surface area contributed by atoms with Crippen LogP contribution in [0, 0.1) is 0 Å². The summed E-state index contributed by atoms with van der Waals surface area (Å²) in [6, 6.07) is 8.41. The highest BCUT2D eigenvalue weighted by Gasteiger charge is 2.14. The lowest BCUT2D eigenvalue weighted by atomic mass is 10.2. The first kappa shape index (κ1) is 17.6. The van der Waals surface area contributed by atoms with Gasteiger partial charge in [-0.2, -0.15) is 0 Å². The van der Waals surface area contributed by atoms with Crippen LogP contribution >= 0.6 is 15.9 Å². The van der Waals surface area contributed by atoms with Gasteiger partial charge in [0, 0.05) is 24.2 Å². The van der Waals surface area contributed by atoms with E-state index >= 15 is 0 Å². The smallest absolute Gasteiger partial charge is 0.414 e. The Morgan fingerprint density at radius 3 is 2.33 bits per heavy atom. The molecule has 1 unspecified atom stereocenters. The summed E-state index contributed by atoms with van der Waals surface area (Å²) < 4.78 is 6.67. The quantitative estimate of drug-likeness (QED) is 0.710. The first-order chi connectivity index (χ1) is 9.99. The molecule has 1 atom stereocenters. The first-order valence-corrected chi connectivity index (χ1v) is 7.31. The van der Waals surface area contributed by atoms with Gasteiger partial charge in [-0.05, 0) is 30.5 Å². The van der Waals surface area contributed by atoms with Crippen LogP contribution in [0.3, 0.4) is 0 Å². The van der Waals surface area contributed by atoms with Gasteiger partial charge >= 0.3 is 11.9 Å². The van der Waals surface area contributed by atoms with Crippen LogP contribution in [0.15, 0.2) is 28.7 Å². The van der Waals surface area contributed by atoms with E-state index in [1.54, 1.807) is 0 Å². The Labute approximate surface area is 131 Å². The van der Waals surface area contributed by atoms with Crippen LogP contribution in [0.4, 0.5) is 0 Å². The van der Waals surface area contributed by atoms with Gasteiger partial charge in [-0.1, -0.05) is 28.1 Å². The summed E-state index contributed by atoms with van der Waals surface area (Å²) in [5.41, 5.74) is 1.32. The molecule has 1 aromatic rings. The highest BCUT2D eigenvalue weighted by Crippen LogP contribution is 2.12. The van der Waals surface area contributed by atoms with E-state index in [1.165, 1.54) is 18.4 Å². The van der Waals surface area contributed by atoms with Crippen LogP contribution in [0.5, 0.6) is 0 Å². The molecule has 1 aromatic carbocycles. The second kappa shape index (κ2) is 9.49. The van der Waals surface area contributed by atoms with E-state index in [-0.39, 0.29) is 0 Å². The molecule has 0 amide bonds. The Hall–Kier alpha value is -1.44. The van der Waals surface area contributed by atoms with Crippen molar-refractivity contribution in [1.82, 2.24) is 5.32 Å². The maximum atomic E-state index is 9.10. The number of ether oxygens (including phenoxy) is 1. The molecule has 3 N–H and O–H groups in total. The number of carboxylic acid groups (broad SMARTS) is 2. The SMILES string of the molecule is Brc1ccc(CNCC2CCCO2)cc1.O=C(O)C(=O)O. The molecule has 6 nitrogen and oxygen atoms in total. The second-order valence-corrected chi connectivity index (χ2v) is 5.42. The molecule has 0 spiro atoms. The van der Waals surface area contributed by atoms with Gasteiger partial charge in [-0.3, -0.25) is 0 Å². The third-order valence-corrected chi connectivity index (χ3v) is 3.35. The Morgan fingerprint density at radius 1 is 1.24 bits per heavy atom. The average Bonchev–Trinajstić information content (AvgIpc) is 2.95. The predicted octanol–water partition coefficient (Wildman–Crippen LogP) is 1.87. The predicted molar refractivity (Wildman–Crippen MR) is 80.1 cm³/mol. The molecule has 0 aliphatic carbocycles. The third-order valence-electron chi connectivity index (χ3n) is 2.82. The molecule has 0 bridgehead atoms. The van der Waals surface area contributed by atoms with Crippen molar-refractivity contribution in [1.29, 1.82) is 0 Å². The van der Waals surface area contributed by atoms with Crippen molar-refractivity contribution in [2.24, 2.45) is 0 Å². The van der Waals surface area contributed by atoms with Crippen molar-refractivity contribution in [3.8, 4) is 0 Å². The Morgan fingerprint density at radius 2 is 1.86 bits per heavy atom. The Balaban J connectivity index is 0.000000315. The molecule has 116 valence electrons. The lowest BCUT2D eigenvalue weighted by Gasteiger charge is -2.10. The molecule has 1 fully saturated rings. The third kappa shape index (κ3) is 7.79. The van der Waals surface area contributed by atoms with Gasteiger partial charge in [0.25, 0.3) is 0 Å². The summed E-state index contributed by atoms with van der Waals surface area (Å²) in [5, 5.41) is 18.2. The number of carbonyl (C=O) groups is 2. The first-order valence-electron chi connectivity index (χ1n) is 6.52. The van der Waals surface area contributed by atoms with Crippen LogP contribution < -0.4 is 5.32 Å². The summed E-state index contributed by atoms with van der Waals surface area (Å²) in [4.78, 5) is 18.2. The highest BCUT2D eigenvalue weighted by molar-refractivity contribution is 9.10. The average molecular weight is 360 g/mol. The zero-order valence-electron chi connectivity index (χ0n) is 11.4. The fourth-order valence-corrected chi connectivity index (χ4v) is 2.05. The summed E-state index contributed by atoms with van der Waals surface area (Å²) in [6.07, 6.45) is 2.85. The van der Waals surface area contributed by atoms with Crippen LogP contribution in [0.2, 0.25) is 0 Å². The lowest BCUT2D eigenvalue weighted by molar-refractivity contribution is -0.159. The number of halogens is 1. The number of carboxylic acids is 2. The molecule has 2 rings (SSSR count). The van der Waals surface area contributed by atoms with Crippen molar-refractivity contribution in [2.75, 3.05) is 13.2 Å². The number of benzene rings is 1. The van der Waals surface area contributed by atoms with Crippen LogP contribution in [0.25, 0.3) is 0 Å². The molecule has 1 saturated heterocycles. The van der Waals surface area contributed by atoms with Gasteiger partial charge in [0.15, 0.2) is 0 Å². The van der Waals surface area contributed by atoms with Crippen LogP contribution in [-0.2, 0) is 20.9 Å². The van der Waals surface area contributed by atoms with E-state index in [0.29, 0.717) is 6.10 Å². The molecule has 7 heteroatoms. The standard InChI is InChI=1S/C12H16BrNO.C2H2O4/c13-11-5-3-10(4-6-11)8-14-9-12-2-1-7-15-12;3-1(4)2(5)6/h3-6,12,14H,1-2,7-9H2;(H,3,4)(H,5,6). The van der Waals surface area contributed by atoms with Gasteiger partial charge in [-0.25, -0.2) is 9.59 Å². The maximum absolute atomic E-state index is 9.10. The number of hydrogen-bond acceptors (Lipinski definition) is 4. The normalized spacial score (nSPS) is 16.9. The molecule has 21 heavy (non-hydrogen) atoms. The minimum atomic E-state index is -1.82. The minimum absolute atomic E-state index is 0.431. The van der Waals surface area contributed by atoms with E-state index in [9.17, 15) is 0 Å². The molecule has 1 aliphatic rings. The second-order valence-electron chi connectivity index (χ2n) is 4.50. The number of nitrogens with one attached hydrogen (secondary N) is 1. The molecule has 0 aromatic heterocycles. The van der Waals surface area contributed by atoms with Crippen molar-refractivity contribution in [3.05, 3.63) is 34.3 Å². The molecular weight excluding hydrogens is 342 g/mol. The summed E-state index contributed by atoms with van der Waals surface area (Å²) in [6.45, 7) is 2.83. The van der Waals surface area contributed by atoms with Crippen LogP contribution in [0.1, 0.15) is 18.4 Å². The van der Waals surface area contributed by atoms with Crippen molar-refractivity contribution in [3.63, 3.8) is 0 Å². The molecule has 1 aliphatic heterocycles. The van der Waals surface area contributed by atoms with E-state index < -0.39 is 11.9 Å². The number of aliphatic carboxylic acids is 2. The van der Waals surface area contributed by atoms with Gasteiger partial charge in [0.05, 0.1) is 6.10 Å². The fourth-order valence-electron chi connectivity index (χ4n) is 1.79. The summed E-state index contributed by atoms with van der Waals surface area (Å²) >= 11 is 3.43. The maximum Gasteiger partial charge on any atom is 0.414 e. The van der Waals surface area contributed by atoms with E-state index in [2.05, 4.69) is 45.5 Å². The van der Waals surface area contributed by atoms with Gasteiger partial charge in [-0.15, -0.1) is 0 Å². The molecule has 0 radical (unpaired) electrons. The van der Waals surface area contributed by atoms with E-state index in [1.807, 2.05) is 0 Å². The van der Waals surface area contributed by atoms with E-state index in [0.717, 1.165) is 24.2 Å². The van der Waals surface area contributed by atoms with E-state index in [4.69, 9.17) is 24.5 Å².